The molecule has 1 N–H and O–H groups in total. The highest BCUT2D eigenvalue weighted by Gasteiger charge is 1.86. The zero-order valence-electron chi connectivity index (χ0n) is 3.27. The zero-order chi connectivity index (χ0) is 5.70. The highest BCUT2D eigenvalue weighted by atomic mass is 127. The summed E-state index contributed by atoms with van der Waals surface area (Å²) in [7, 11) is 0. The van der Waals surface area contributed by atoms with Gasteiger partial charge in [-0.2, -0.15) is 5.48 Å². The van der Waals surface area contributed by atoms with Gasteiger partial charge < -0.3 is 4.84 Å². The molecule has 0 atom stereocenters. The molecule has 38 valence electrons. The Morgan fingerprint density at radius 1 is 2.00 bits per heavy atom. The quantitative estimate of drug-likeness (QED) is 0.227. The largest absolute Gasteiger partial charge is 0.391 e. The molecule has 0 aromatic rings. The van der Waals surface area contributed by atoms with E-state index >= 15 is 0 Å². The molecule has 4 heteroatoms. The van der Waals surface area contributed by atoms with Crippen molar-refractivity contribution in [3.8, 4) is 12.5 Å². The molecule has 0 unspecified atom stereocenters. The summed E-state index contributed by atoms with van der Waals surface area (Å²) in [5.74, 6) is 0. The molecule has 0 aromatic heterocycles. The van der Waals surface area contributed by atoms with Crippen LogP contribution in [0.15, 0.2) is 0 Å². The van der Waals surface area contributed by atoms with E-state index in [1.165, 1.54) is 22.6 Å². The summed E-state index contributed by atoms with van der Waals surface area (Å²) < 4.78 is -0.476. The third-order valence-electron chi connectivity index (χ3n) is 0.190. The van der Waals surface area contributed by atoms with E-state index in [0.717, 1.165) is 0 Å². The van der Waals surface area contributed by atoms with E-state index in [-0.39, 0.29) is 0 Å². The van der Waals surface area contributed by atoms with Crippen molar-refractivity contribution in [2.75, 3.05) is 0 Å². The van der Waals surface area contributed by atoms with Crippen molar-refractivity contribution in [3.05, 3.63) is 0 Å². The molecule has 0 amide bonds. The lowest BCUT2D eigenvalue weighted by Gasteiger charge is -1.89. The Balaban J connectivity index is 3.02. The van der Waals surface area contributed by atoms with Crippen LogP contribution in [0.2, 0.25) is 0 Å². The van der Waals surface area contributed by atoms with Gasteiger partial charge >= 0.3 is 3.98 Å². The molecule has 0 bridgehead atoms. The number of terminal acetylenes is 1. The average molecular weight is 211 g/mol. The van der Waals surface area contributed by atoms with Gasteiger partial charge in [-0.15, -0.1) is 0 Å². The van der Waals surface area contributed by atoms with Crippen molar-refractivity contribution in [1.82, 2.24) is 5.48 Å². The molecule has 0 aliphatic carbocycles. The molecule has 0 aromatic carbocycles. The topological polar surface area (TPSA) is 38.3 Å². The molecule has 0 aliphatic rings. The third-order valence-corrected chi connectivity index (χ3v) is 0.410. The number of halogens is 1. The number of hydrogen-bond acceptors (Lipinski definition) is 3. The van der Waals surface area contributed by atoms with Crippen LogP contribution in [0.4, 0.5) is 4.79 Å². The molecule has 7 heavy (non-hydrogen) atoms. The molecule has 0 spiro atoms. The van der Waals surface area contributed by atoms with Gasteiger partial charge in [-0.25, -0.2) is 4.79 Å². The van der Waals surface area contributed by atoms with Gasteiger partial charge in [0.2, 0.25) is 0 Å². The fourth-order valence-corrected chi connectivity index (χ4v) is 0.180. The predicted molar refractivity (Wildman–Crippen MR) is 32.5 cm³/mol. The summed E-state index contributed by atoms with van der Waals surface area (Å²) in [5.41, 5.74) is 1.92. The first-order valence-corrected chi connectivity index (χ1v) is 2.42. The van der Waals surface area contributed by atoms with Gasteiger partial charge in [0.15, 0.2) is 0 Å². The van der Waals surface area contributed by atoms with E-state index in [0.29, 0.717) is 0 Å². The zero-order valence-corrected chi connectivity index (χ0v) is 5.43. The summed E-state index contributed by atoms with van der Waals surface area (Å²) in [6.07, 6.45) is 4.64. The monoisotopic (exact) mass is 211 g/mol. The Kier molecular flexibility index (Phi) is 3.50. The van der Waals surface area contributed by atoms with E-state index in [4.69, 9.17) is 0 Å². The number of carbonyl (C=O) groups excluding carboxylic acids is 1. The van der Waals surface area contributed by atoms with Crippen molar-refractivity contribution in [3.63, 3.8) is 0 Å². The summed E-state index contributed by atoms with van der Waals surface area (Å²) in [6.45, 7) is 0. The first kappa shape index (κ1) is 6.56. The normalized spacial score (nSPS) is 6.29. The smallest absolute Gasteiger partial charge is 0.325 e. The van der Waals surface area contributed by atoms with Gasteiger partial charge in [0, 0.05) is 6.04 Å². The first-order chi connectivity index (χ1) is 3.27. The number of hydroxylamine groups is 1. The average Bonchev–Trinajstić information content (AvgIpc) is 1.61. The number of rotatable bonds is 1. The second kappa shape index (κ2) is 3.74. The minimum Gasteiger partial charge on any atom is -0.325 e. The lowest BCUT2D eigenvalue weighted by Crippen LogP contribution is -2.07. The van der Waals surface area contributed by atoms with Crippen LogP contribution in [-0.2, 0) is 4.84 Å². The Hall–Kier alpha value is -0.440. The molecule has 0 saturated heterocycles. The van der Waals surface area contributed by atoms with Crippen molar-refractivity contribution >= 4 is 26.6 Å². The maximum absolute atomic E-state index is 9.81. The second-order valence-corrected chi connectivity index (χ2v) is 1.47. The molecule has 0 saturated carbocycles. The van der Waals surface area contributed by atoms with Crippen molar-refractivity contribution in [2.45, 2.75) is 0 Å². The fraction of sp³-hybridized carbons (Fsp3) is 0. The van der Waals surface area contributed by atoms with Crippen LogP contribution in [0.3, 0.4) is 0 Å². The van der Waals surface area contributed by atoms with Gasteiger partial charge in [0.1, 0.15) is 0 Å². The van der Waals surface area contributed by atoms with Crippen LogP contribution >= 0.6 is 22.6 Å². The van der Waals surface area contributed by atoms with Crippen molar-refractivity contribution in [1.29, 1.82) is 0 Å². The van der Waals surface area contributed by atoms with Crippen LogP contribution in [0.1, 0.15) is 0 Å². The van der Waals surface area contributed by atoms with E-state index in [1.54, 1.807) is 0 Å². The summed E-state index contributed by atoms with van der Waals surface area (Å²) in [6, 6.07) is 1.90. The van der Waals surface area contributed by atoms with Gasteiger partial charge in [-0.1, -0.05) is 6.42 Å². The number of carbonyl (C=O) groups is 1. The van der Waals surface area contributed by atoms with Crippen LogP contribution in [0, 0.1) is 12.5 Å². The predicted octanol–water partition coefficient (Wildman–Crippen LogP) is 0.653. The van der Waals surface area contributed by atoms with Crippen LogP contribution in [0.25, 0.3) is 0 Å². The molecule has 0 radical (unpaired) electrons. The molecular formula is C3H2INO2. The Morgan fingerprint density at radius 2 is 2.57 bits per heavy atom. The minimum atomic E-state index is -0.476. The highest BCUT2D eigenvalue weighted by molar-refractivity contribution is 14.1. The summed E-state index contributed by atoms with van der Waals surface area (Å²) in [5, 5.41) is 0. The summed E-state index contributed by atoms with van der Waals surface area (Å²) in [4.78, 5) is 13.9. The molecule has 0 fully saturated rings. The van der Waals surface area contributed by atoms with Crippen molar-refractivity contribution < 1.29 is 9.63 Å². The maximum Gasteiger partial charge on any atom is 0.391 e. The standard InChI is InChI=1S/C3H2INO2/c1-2-5-7-3(4)6/h1,5H. The molecular weight excluding hydrogens is 209 g/mol. The van der Waals surface area contributed by atoms with Gasteiger partial charge in [-0.3, -0.25) is 0 Å². The maximum atomic E-state index is 9.81. The molecule has 0 aliphatic heterocycles. The fourth-order valence-electron chi connectivity index (χ4n) is 0.0696. The van der Waals surface area contributed by atoms with E-state index in [9.17, 15) is 4.79 Å². The van der Waals surface area contributed by atoms with Crippen LogP contribution < -0.4 is 5.48 Å². The SMILES string of the molecule is C#CNOC(=O)I. The molecule has 0 heterocycles. The Morgan fingerprint density at radius 3 is 2.71 bits per heavy atom. The van der Waals surface area contributed by atoms with E-state index < -0.39 is 3.98 Å². The highest BCUT2D eigenvalue weighted by Crippen LogP contribution is 1.85. The van der Waals surface area contributed by atoms with Crippen molar-refractivity contribution in [2.24, 2.45) is 0 Å². The first-order valence-electron chi connectivity index (χ1n) is 1.34. The van der Waals surface area contributed by atoms with Crippen LogP contribution in [0.5, 0.6) is 0 Å². The Labute approximate surface area is 54.5 Å². The molecule has 0 rings (SSSR count). The third kappa shape index (κ3) is 5.56. The van der Waals surface area contributed by atoms with E-state index in [1.807, 2.05) is 11.5 Å². The number of hydrogen-bond donors (Lipinski definition) is 1. The van der Waals surface area contributed by atoms with E-state index in [2.05, 4.69) is 11.3 Å². The lowest BCUT2D eigenvalue weighted by atomic mass is 11.2. The van der Waals surface area contributed by atoms with Gasteiger partial charge in [0.05, 0.1) is 22.6 Å². The summed E-state index contributed by atoms with van der Waals surface area (Å²) >= 11 is 1.45. The molecule has 3 nitrogen and oxygen atoms in total. The van der Waals surface area contributed by atoms with Gasteiger partial charge in [0.25, 0.3) is 0 Å². The number of nitrogens with one attached hydrogen (secondary N) is 1. The van der Waals surface area contributed by atoms with Gasteiger partial charge in [-0.05, 0) is 0 Å². The van der Waals surface area contributed by atoms with Crippen LogP contribution in [-0.4, -0.2) is 3.98 Å². The lowest BCUT2D eigenvalue weighted by molar-refractivity contribution is 0.148. The second-order valence-electron chi connectivity index (χ2n) is 0.586. The Bertz CT molecular complexity index is 106. The minimum absolute atomic E-state index is 0.476.